The number of nitrogens with zero attached hydrogens (tertiary/aromatic N) is 2. The van der Waals surface area contributed by atoms with E-state index < -0.39 is 0 Å². The van der Waals surface area contributed by atoms with Crippen LogP contribution in [0.5, 0.6) is 0 Å². The Hall–Kier alpha value is -1.35. The maximum absolute atomic E-state index is 12.9. The van der Waals surface area contributed by atoms with Crippen molar-refractivity contribution in [1.82, 2.24) is 9.80 Å². The lowest BCUT2D eigenvalue weighted by atomic mass is 9.97. The van der Waals surface area contributed by atoms with Gasteiger partial charge in [0.15, 0.2) is 0 Å². The first-order chi connectivity index (χ1) is 11.7. The van der Waals surface area contributed by atoms with Gasteiger partial charge in [0, 0.05) is 24.7 Å². The Morgan fingerprint density at radius 2 is 1.62 bits per heavy atom. The van der Waals surface area contributed by atoms with E-state index in [1.54, 1.807) is 0 Å². The van der Waals surface area contributed by atoms with Gasteiger partial charge in [0.2, 0.25) is 0 Å². The highest BCUT2D eigenvalue weighted by Crippen LogP contribution is 2.23. The highest BCUT2D eigenvalue weighted by molar-refractivity contribution is 5.94. The summed E-state index contributed by atoms with van der Waals surface area (Å²) in [5, 5.41) is 0. The molecule has 0 saturated carbocycles. The summed E-state index contributed by atoms with van der Waals surface area (Å²) < 4.78 is 0. The number of hydrogen-bond donors (Lipinski definition) is 0. The summed E-state index contributed by atoms with van der Waals surface area (Å²) in [6.07, 6.45) is 10.2. The van der Waals surface area contributed by atoms with Gasteiger partial charge < -0.3 is 9.80 Å². The molecule has 0 aliphatic carbocycles. The highest BCUT2D eigenvalue weighted by atomic mass is 16.2. The Morgan fingerprint density at radius 3 is 2.33 bits per heavy atom. The molecular formula is C21H32N2O. The second kappa shape index (κ2) is 8.66. The Labute approximate surface area is 147 Å². The van der Waals surface area contributed by atoms with E-state index in [1.165, 1.54) is 57.2 Å². The fourth-order valence-electron chi connectivity index (χ4n) is 4.12. The van der Waals surface area contributed by atoms with Crippen molar-refractivity contribution in [2.45, 2.75) is 64.3 Å². The molecule has 2 aliphatic rings. The second-order valence-electron chi connectivity index (χ2n) is 7.56. The molecule has 0 spiro atoms. The van der Waals surface area contributed by atoms with Crippen LogP contribution >= 0.6 is 0 Å². The molecule has 2 heterocycles. The molecule has 1 aromatic carbocycles. The number of aryl methyl sites for hydroxylation is 1. The summed E-state index contributed by atoms with van der Waals surface area (Å²) in [6, 6.07) is 8.49. The minimum atomic E-state index is 0.232. The summed E-state index contributed by atoms with van der Waals surface area (Å²) in [5.41, 5.74) is 2.06. The van der Waals surface area contributed by atoms with E-state index in [0.29, 0.717) is 6.04 Å². The number of piperidine rings is 1. The molecule has 0 unspecified atom stereocenters. The zero-order valence-electron chi connectivity index (χ0n) is 15.2. The molecule has 0 aromatic heterocycles. The molecule has 0 bridgehead atoms. The summed E-state index contributed by atoms with van der Waals surface area (Å²) in [7, 11) is 0. The number of rotatable bonds is 4. The predicted octanol–water partition coefficient (Wildman–Crippen LogP) is 4.26. The SMILES string of the molecule is Cc1ccc(C(=O)N2CCCC[C@H]2CCN2CCCCCC2)cc1. The normalized spacial score (nSPS) is 23.0. The van der Waals surface area contributed by atoms with Crippen LogP contribution in [-0.4, -0.2) is 47.9 Å². The Morgan fingerprint density at radius 1 is 0.958 bits per heavy atom. The van der Waals surface area contributed by atoms with Gasteiger partial charge in [-0.1, -0.05) is 30.5 Å². The van der Waals surface area contributed by atoms with Crippen molar-refractivity contribution in [3.05, 3.63) is 35.4 Å². The highest BCUT2D eigenvalue weighted by Gasteiger charge is 2.27. The number of carbonyl (C=O) groups is 1. The third-order valence-corrected chi connectivity index (χ3v) is 5.66. The van der Waals surface area contributed by atoms with E-state index in [-0.39, 0.29) is 5.91 Å². The van der Waals surface area contributed by atoms with E-state index in [9.17, 15) is 4.79 Å². The number of amides is 1. The van der Waals surface area contributed by atoms with Gasteiger partial charge in [0.1, 0.15) is 0 Å². The van der Waals surface area contributed by atoms with Crippen molar-refractivity contribution in [2.75, 3.05) is 26.2 Å². The van der Waals surface area contributed by atoms with E-state index in [2.05, 4.69) is 16.7 Å². The fraction of sp³-hybridized carbons (Fsp3) is 0.667. The third-order valence-electron chi connectivity index (χ3n) is 5.66. The molecule has 3 rings (SSSR count). The Bertz CT molecular complexity index is 517. The van der Waals surface area contributed by atoms with Gasteiger partial charge in [-0.2, -0.15) is 0 Å². The Balaban J connectivity index is 1.60. The standard InChI is InChI=1S/C21H32N2O/c1-18-9-11-19(12-10-18)21(24)23-16-7-4-8-20(23)13-17-22-14-5-2-3-6-15-22/h9-12,20H,2-8,13-17H2,1H3/t20-/m0/s1. The van der Waals surface area contributed by atoms with Crippen LogP contribution in [0, 0.1) is 6.92 Å². The molecule has 1 amide bonds. The molecule has 1 aromatic rings. The summed E-state index contributed by atoms with van der Waals surface area (Å²) in [5.74, 6) is 0.232. The second-order valence-corrected chi connectivity index (χ2v) is 7.56. The molecule has 2 saturated heterocycles. The fourth-order valence-corrected chi connectivity index (χ4v) is 4.12. The lowest BCUT2D eigenvalue weighted by Gasteiger charge is -2.37. The van der Waals surface area contributed by atoms with Gasteiger partial charge in [0.05, 0.1) is 0 Å². The zero-order chi connectivity index (χ0) is 16.8. The van der Waals surface area contributed by atoms with Crippen LogP contribution in [0.2, 0.25) is 0 Å². The first-order valence-corrected chi connectivity index (χ1v) is 9.84. The molecule has 132 valence electrons. The Kier molecular flexibility index (Phi) is 6.30. The van der Waals surface area contributed by atoms with Crippen LogP contribution in [0.4, 0.5) is 0 Å². The molecule has 0 N–H and O–H groups in total. The molecule has 2 aliphatic heterocycles. The average Bonchev–Trinajstić information content (AvgIpc) is 2.89. The monoisotopic (exact) mass is 328 g/mol. The summed E-state index contributed by atoms with van der Waals surface area (Å²) >= 11 is 0. The van der Waals surface area contributed by atoms with Gasteiger partial charge in [-0.15, -0.1) is 0 Å². The predicted molar refractivity (Wildman–Crippen MR) is 99.4 cm³/mol. The summed E-state index contributed by atoms with van der Waals surface area (Å²) in [4.78, 5) is 17.7. The molecule has 0 radical (unpaired) electrons. The van der Waals surface area contributed by atoms with Crippen molar-refractivity contribution in [3.8, 4) is 0 Å². The molecule has 24 heavy (non-hydrogen) atoms. The molecular weight excluding hydrogens is 296 g/mol. The van der Waals surface area contributed by atoms with E-state index in [1.807, 2.05) is 24.3 Å². The van der Waals surface area contributed by atoms with Crippen LogP contribution < -0.4 is 0 Å². The zero-order valence-corrected chi connectivity index (χ0v) is 15.2. The molecule has 2 fully saturated rings. The molecule has 3 nitrogen and oxygen atoms in total. The largest absolute Gasteiger partial charge is 0.336 e. The van der Waals surface area contributed by atoms with Gasteiger partial charge in [-0.05, 0) is 70.7 Å². The average molecular weight is 329 g/mol. The van der Waals surface area contributed by atoms with E-state index in [0.717, 1.165) is 31.5 Å². The van der Waals surface area contributed by atoms with Crippen molar-refractivity contribution < 1.29 is 4.79 Å². The number of likely N-dealkylation sites (tertiary alicyclic amines) is 2. The maximum atomic E-state index is 12.9. The molecule has 1 atom stereocenters. The minimum absolute atomic E-state index is 0.232. The first-order valence-electron chi connectivity index (χ1n) is 9.84. The van der Waals surface area contributed by atoms with E-state index >= 15 is 0 Å². The maximum Gasteiger partial charge on any atom is 0.254 e. The van der Waals surface area contributed by atoms with Gasteiger partial charge in [0.25, 0.3) is 5.91 Å². The van der Waals surface area contributed by atoms with Crippen molar-refractivity contribution >= 4 is 5.91 Å². The summed E-state index contributed by atoms with van der Waals surface area (Å²) in [6.45, 7) is 6.65. The smallest absolute Gasteiger partial charge is 0.254 e. The van der Waals surface area contributed by atoms with Crippen LogP contribution in [0.25, 0.3) is 0 Å². The van der Waals surface area contributed by atoms with Crippen molar-refractivity contribution in [2.24, 2.45) is 0 Å². The minimum Gasteiger partial charge on any atom is -0.336 e. The van der Waals surface area contributed by atoms with Gasteiger partial charge in [-0.25, -0.2) is 0 Å². The van der Waals surface area contributed by atoms with Crippen molar-refractivity contribution in [1.29, 1.82) is 0 Å². The quantitative estimate of drug-likeness (QED) is 0.824. The van der Waals surface area contributed by atoms with Crippen LogP contribution in [-0.2, 0) is 0 Å². The van der Waals surface area contributed by atoms with Crippen LogP contribution in [0.1, 0.15) is 67.3 Å². The number of hydrogen-bond acceptors (Lipinski definition) is 2. The lowest BCUT2D eigenvalue weighted by molar-refractivity contribution is 0.0584. The lowest BCUT2D eigenvalue weighted by Crippen LogP contribution is -2.45. The van der Waals surface area contributed by atoms with Gasteiger partial charge >= 0.3 is 0 Å². The topological polar surface area (TPSA) is 23.6 Å². The number of carbonyl (C=O) groups excluding carboxylic acids is 1. The van der Waals surface area contributed by atoms with Crippen LogP contribution in [0.3, 0.4) is 0 Å². The van der Waals surface area contributed by atoms with Crippen molar-refractivity contribution in [3.63, 3.8) is 0 Å². The number of benzene rings is 1. The first kappa shape index (κ1) is 17.5. The third kappa shape index (κ3) is 4.60. The molecule has 3 heteroatoms. The van der Waals surface area contributed by atoms with E-state index in [4.69, 9.17) is 0 Å². The van der Waals surface area contributed by atoms with Gasteiger partial charge in [-0.3, -0.25) is 4.79 Å². The van der Waals surface area contributed by atoms with Crippen LogP contribution in [0.15, 0.2) is 24.3 Å².